The van der Waals surface area contributed by atoms with Crippen molar-refractivity contribution in [1.82, 2.24) is 0 Å². The number of nitrogens with two attached hydrogens (primary N) is 1. The van der Waals surface area contributed by atoms with E-state index < -0.39 is 0 Å². The molecule has 1 aromatic carbocycles. The van der Waals surface area contributed by atoms with Gasteiger partial charge in [-0.3, -0.25) is 0 Å². The van der Waals surface area contributed by atoms with Crippen LogP contribution in [0.1, 0.15) is 45.1 Å². The van der Waals surface area contributed by atoms with Gasteiger partial charge < -0.3 is 5.73 Å². The molecule has 0 spiro atoms. The van der Waals surface area contributed by atoms with E-state index in [1.54, 1.807) is 0 Å². The van der Waals surface area contributed by atoms with Gasteiger partial charge in [-0.25, -0.2) is 0 Å². The quantitative estimate of drug-likeness (QED) is 0.803. The molecule has 1 nitrogen and oxygen atoms in total. The Labute approximate surface area is 109 Å². The van der Waals surface area contributed by atoms with Gasteiger partial charge in [0.2, 0.25) is 0 Å². The van der Waals surface area contributed by atoms with E-state index in [0.717, 1.165) is 36.3 Å². The van der Waals surface area contributed by atoms with Crippen LogP contribution < -0.4 is 5.73 Å². The fraction of sp³-hybridized carbons (Fsp3) is 0.467. The molecular formula is C15H20ClN. The minimum atomic E-state index is -0.344. The Hall–Kier alpha value is -0.970. The van der Waals surface area contributed by atoms with E-state index in [2.05, 4.69) is 25.7 Å². The van der Waals surface area contributed by atoms with Crippen LogP contribution in [-0.4, -0.2) is 5.54 Å². The zero-order valence-corrected chi connectivity index (χ0v) is 11.3. The minimum Gasteiger partial charge on any atom is -0.315 e. The smallest absolute Gasteiger partial charge is 0.0779 e. The summed E-state index contributed by atoms with van der Waals surface area (Å²) in [6, 6.07) is 7.55. The average Bonchev–Trinajstić information content (AvgIpc) is 2.29. The SMILES string of the molecule is CCCC(N)(C#Cc1ccc(Cl)cc1)CCC. The van der Waals surface area contributed by atoms with Crippen molar-refractivity contribution in [2.75, 3.05) is 0 Å². The van der Waals surface area contributed by atoms with E-state index in [1.165, 1.54) is 0 Å². The summed E-state index contributed by atoms with van der Waals surface area (Å²) >= 11 is 5.83. The molecule has 92 valence electrons. The first kappa shape index (κ1) is 14.1. The van der Waals surface area contributed by atoms with Crippen molar-refractivity contribution in [1.29, 1.82) is 0 Å². The van der Waals surface area contributed by atoms with E-state index in [1.807, 2.05) is 24.3 Å². The Morgan fingerprint density at radius 1 is 1.12 bits per heavy atom. The highest BCUT2D eigenvalue weighted by Gasteiger charge is 2.19. The molecule has 0 aliphatic heterocycles. The predicted molar refractivity (Wildman–Crippen MR) is 75.1 cm³/mol. The van der Waals surface area contributed by atoms with Crippen molar-refractivity contribution in [2.45, 2.75) is 45.1 Å². The molecule has 0 unspecified atom stereocenters. The lowest BCUT2D eigenvalue weighted by molar-refractivity contribution is 0.456. The predicted octanol–water partition coefficient (Wildman–Crippen LogP) is 3.99. The van der Waals surface area contributed by atoms with Crippen molar-refractivity contribution in [3.05, 3.63) is 34.9 Å². The molecule has 0 fully saturated rings. The first-order valence-corrected chi connectivity index (χ1v) is 6.55. The summed E-state index contributed by atoms with van der Waals surface area (Å²) in [5.41, 5.74) is 6.92. The molecule has 0 amide bonds. The molecule has 17 heavy (non-hydrogen) atoms. The third-order valence-electron chi connectivity index (χ3n) is 2.69. The molecule has 0 atom stereocenters. The van der Waals surface area contributed by atoms with Crippen LogP contribution in [-0.2, 0) is 0 Å². The van der Waals surface area contributed by atoms with E-state index >= 15 is 0 Å². The zero-order valence-electron chi connectivity index (χ0n) is 10.6. The van der Waals surface area contributed by atoms with Crippen LogP contribution in [0.4, 0.5) is 0 Å². The fourth-order valence-electron chi connectivity index (χ4n) is 1.87. The number of rotatable bonds is 4. The van der Waals surface area contributed by atoms with E-state index in [-0.39, 0.29) is 5.54 Å². The number of hydrogen-bond donors (Lipinski definition) is 1. The molecule has 1 aromatic rings. The molecule has 0 aromatic heterocycles. The van der Waals surface area contributed by atoms with Gasteiger partial charge in [0.05, 0.1) is 5.54 Å². The highest BCUT2D eigenvalue weighted by atomic mass is 35.5. The van der Waals surface area contributed by atoms with E-state index in [0.29, 0.717) is 0 Å². The molecule has 0 bridgehead atoms. The Kier molecular flexibility index (Phi) is 5.55. The minimum absolute atomic E-state index is 0.344. The Bertz CT molecular complexity index is 391. The highest BCUT2D eigenvalue weighted by molar-refractivity contribution is 6.30. The van der Waals surface area contributed by atoms with Crippen LogP contribution in [0.5, 0.6) is 0 Å². The monoisotopic (exact) mass is 249 g/mol. The molecule has 0 heterocycles. The summed E-state index contributed by atoms with van der Waals surface area (Å²) < 4.78 is 0. The van der Waals surface area contributed by atoms with Crippen molar-refractivity contribution in [3.8, 4) is 11.8 Å². The molecule has 0 radical (unpaired) electrons. The average molecular weight is 250 g/mol. The van der Waals surface area contributed by atoms with E-state index in [9.17, 15) is 0 Å². The third kappa shape index (κ3) is 4.81. The zero-order chi connectivity index (χ0) is 12.7. The molecule has 1 rings (SSSR count). The summed E-state index contributed by atoms with van der Waals surface area (Å²) in [5, 5.41) is 0.733. The lowest BCUT2D eigenvalue weighted by Crippen LogP contribution is -2.37. The summed E-state index contributed by atoms with van der Waals surface area (Å²) in [6.07, 6.45) is 4.01. The first-order valence-electron chi connectivity index (χ1n) is 6.17. The van der Waals surface area contributed by atoms with Gasteiger partial charge in [0.15, 0.2) is 0 Å². The van der Waals surface area contributed by atoms with Gasteiger partial charge in [-0.15, -0.1) is 0 Å². The first-order chi connectivity index (χ1) is 8.09. The van der Waals surface area contributed by atoms with Gasteiger partial charge >= 0.3 is 0 Å². The molecule has 0 saturated carbocycles. The second-order valence-corrected chi connectivity index (χ2v) is 4.85. The fourth-order valence-corrected chi connectivity index (χ4v) is 2.00. The van der Waals surface area contributed by atoms with Crippen molar-refractivity contribution in [2.24, 2.45) is 5.73 Å². The third-order valence-corrected chi connectivity index (χ3v) is 2.94. The van der Waals surface area contributed by atoms with Crippen molar-refractivity contribution < 1.29 is 0 Å². The normalized spacial score (nSPS) is 10.8. The largest absolute Gasteiger partial charge is 0.315 e. The highest BCUT2D eigenvalue weighted by Crippen LogP contribution is 2.16. The molecule has 0 aliphatic carbocycles. The molecule has 0 aliphatic rings. The summed E-state index contributed by atoms with van der Waals surface area (Å²) in [5.74, 6) is 6.37. The maximum atomic E-state index is 6.30. The summed E-state index contributed by atoms with van der Waals surface area (Å²) in [4.78, 5) is 0. The summed E-state index contributed by atoms with van der Waals surface area (Å²) in [7, 11) is 0. The van der Waals surface area contributed by atoms with Crippen LogP contribution >= 0.6 is 11.6 Å². The molecule has 2 N–H and O–H groups in total. The van der Waals surface area contributed by atoms with Gasteiger partial charge in [-0.05, 0) is 37.1 Å². The number of halogens is 1. The maximum Gasteiger partial charge on any atom is 0.0779 e. The Morgan fingerprint density at radius 3 is 2.12 bits per heavy atom. The van der Waals surface area contributed by atoms with Crippen molar-refractivity contribution in [3.63, 3.8) is 0 Å². The molecular weight excluding hydrogens is 230 g/mol. The van der Waals surface area contributed by atoms with Crippen LogP contribution in [0.2, 0.25) is 5.02 Å². The molecule has 2 heteroatoms. The van der Waals surface area contributed by atoms with Crippen LogP contribution in [0.3, 0.4) is 0 Å². The van der Waals surface area contributed by atoms with Crippen LogP contribution in [0, 0.1) is 11.8 Å². The number of hydrogen-bond acceptors (Lipinski definition) is 1. The lowest BCUT2D eigenvalue weighted by Gasteiger charge is -2.22. The van der Waals surface area contributed by atoms with Gasteiger partial charge in [0, 0.05) is 10.6 Å². The van der Waals surface area contributed by atoms with Crippen LogP contribution in [0.25, 0.3) is 0 Å². The standard InChI is InChI=1S/C15H20ClN/c1-3-10-15(17,11-4-2)12-9-13-5-7-14(16)8-6-13/h5-8H,3-4,10-11,17H2,1-2H3. The van der Waals surface area contributed by atoms with Crippen molar-refractivity contribution >= 4 is 11.6 Å². The Balaban J connectivity index is 2.83. The number of benzene rings is 1. The molecule has 0 saturated heterocycles. The Morgan fingerprint density at radius 2 is 1.65 bits per heavy atom. The summed E-state index contributed by atoms with van der Waals surface area (Å²) in [6.45, 7) is 4.28. The van der Waals surface area contributed by atoms with Gasteiger partial charge in [0.25, 0.3) is 0 Å². The van der Waals surface area contributed by atoms with Gasteiger partial charge in [0.1, 0.15) is 0 Å². The topological polar surface area (TPSA) is 26.0 Å². The van der Waals surface area contributed by atoms with Gasteiger partial charge in [-0.1, -0.05) is 50.1 Å². The van der Waals surface area contributed by atoms with Crippen LogP contribution in [0.15, 0.2) is 24.3 Å². The second-order valence-electron chi connectivity index (χ2n) is 4.41. The van der Waals surface area contributed by atoms with E-state index in [4.69, 9.17) is 17.3 Å². The lowest BCUT2D eigenvalue weighted by atomic mass is 9.90. The van der Waals surface area contributed by atoms with Gasteiger partial charge in [-0.2, -0.15) is 0 Å². The maximum absolute atomic E-state index is 6.30. The second kappa shape index (κ2) is 6.69.